The first-order chi connectivity index (χ1) is 12.3. The molecule has 0 saturated heterocycles. The van der Waals surface area contributed by atoms with Gasteiger partial charge in [0.2, 0.25) is 10.0 Å². The molecule has 3 aromatic rings. The van der Waals surface area contributed by atoms with Crippen LogP contribution in [-0.4, -0.2) is 24.9 Å². The highest BCUT2D eigenvalue weighted by atomic mass is 35.5. The van der Waals surface area contributed by atoms with E-state index in [2.05, 4.69) is 14.9 Å². The summed E-state index contributed by atoms with van der Waals surface area (Å²) in [5.41, 5.74) is 0.941. The minimum Gasteiger partial charge on any atom is -0.486 e. The Labute approximate surface area is 164 Å². The van der Waals surface area contributed by atoms with Crippen molar-refractivity contribution in [2.45, 2.75) is 6.61 Å². The van der Waals surface area contributed by atoms with Crippen molar-refractivity contribution < 1.29 is 13.2 Å². The second kappa shape index (κ2) is 7.79. The Bertz CT molecular complexity index is 1020. The van der Waals surface area contributed by atoms with Gasteiger partial charge in [0.15, 0.2) is 5.01 Å². The van der Waals surface area contributed by atoms with Gasteiger partial charge in [-0.25, -0.2) is 8.42 Å². The van der Waals surface area contributed by atoms with Crippen LogP contribution in [0.15, 0.2) is 42.5 Å². The summed E-state index contributed by atoms with van der Waals surface area (Å²) < 4.78 is 31.2. The maximum atomic E-state index is 11.6. The molecule has 0 atom stereocenters. The van der Waals surface area contributed by atoms with Gasteiger partial charge in [-0.3, -0.25) is 4.72 Å². The van der Waals surface area contributed by atoms with E-state index < -0.39 is 10.0 Å². The molecule has 3 rings (SSSR count). The van der Waals surface area contributed by atoms with Crippen molar-refractivity contribution in [3.05, 3.63) is 57.5 Å². The van der Waals surface area contributed by atoms with Crippen LogP contribution < -0.4 is 9.46 Å². The molecule has 0 spiro atoms. The van der Waals surface area contributed by atoms with E-state index in [1.807, 2.05) is 0 Å². The highest BCUT2D eigenvalue weighted by Gasteiger charge is 2.15. The molecule has 0 aliphatic rings. The van der Waals surface area contributed by atoms with Crippen LogP contribution in [0.2, 0.25) is 10.0 Å². The van der Waals surface area contributed by atoms with Crippen molar-refractivity contribution in [1.82, 2.24) is 10.2 Å². The number of sulfonamides is 1. The summed E-state index contributed by atoms with van der Waals surface area (Å²) >= 11 is 13.2. The second-order valence-corrected chi connectivity index (χ2v) is 8.99. The number of aromatic nitrogens is 2. The van der Waals surface area contributed by atoms with E-state index in [9.17, 15) is 8.42 Å². The summed E-state index contributed by atoms with van der Waals surface area (Å²) in [5.74, 6) is 0.660. The Balaban J connectivity index is 1.81. The molecule has 0 aliphatic heterocycles. The molecule has 1 N–H and O–H groups in total. The predicted octanol–water partition coefficient (Wildman–Crippen LogP) is 4.46. The first-order valence-electron chi connectivity index (χ1n) is 7.28. The summed E-state index contributed by atoms with van der Waals surface area (Å²) in [5, 5.41) is 10.5. The topological polar surface area (TPSA) is 81.2 Å². The summed E-state index contributed by atoms with van der Waals surface area (Å²) in [6.45, 7) is 0.231. The molecule has 26 heavy (non-hydrogen) atoms. The molecule has 0 radical (unpaired) electrons. The van der Waals surface area contributed by atoms with Crippen molar-refractivity contribution in [2.75, 3.05) is 11.0 Å². The van der Waals surface area contributed by atoms with Crippen LogP contribution in [0, 0.1) is 0 Å². The molecule has 10 heteroatoms. The standard InChI is InChI=1S/C16H13Cl2N3O3S2/c1-26(22,23)21-14-7-4-11(18)8-13(14)16-20-19-15(25-16)9-24-12-5-2-10(17)3-6-12/h2-8,21H,9H2,1H3. The van der Waals surface area contributed by atoms with Crippen molar-refractivity contribution in [1.29, 1.82) is 0 Å². The Hall–Kier alpha value is -1.87. The zero-order valence-corrected chi connectivity index (χ0v) is 16.6. The van der Waals surface area contributed by atoms with Crippen LogP contribution in [0.25, 0.3) is 10.6 Å². The van der Waals surface area contributed by atoms with E-state index in [4.69, 9.17) is 27.9 Å². The van der Waals surface area contributed by atoms with Crippen molar-refractivity contribution in [3.63, 3.8) is 0 Å². The molecule has 0 bridgehead atoms. The van der Waals surface area contributed by atoms with E-state index >= 15 is 0 Å². The fourth-order valence-electron chi connectivity index (χ4n) is 2.08. The van der Waals surface area contributed by atoms with Gasteiger partial charge in [0, 0.05) is 15.6 Å². The van der Waals surface area contributed by atoms with E-state index in [0.717, 1.165) is 6.26 Å². The first kappa shape index (κ1) is 18.9. The SMILES string of the molecule is CS(=O)(=O)Nc1ccc(Cl)cc1-c1nnc(COc2ccc(Cl)cc2)s1. The highest BCUT2D eigenvalue weighted by molar-refractivity contribution is 7.92. The Morgan fingerprint density at radius 3 is 2.46 bits per heavy atom. The smallest absolute Gasteiger partial charge is 0.229 e. The molecule has 0 saturated carbocycles. The molecule has 2 aromatic carbocycles. The normalized spacial score (nSPS) is 11.3. The Kier molecular flexibility index (Phi) is 5.67. The predicted molar refractivity (Wildman–Crippen MR) is 105 cm³/mol. The Morgan fingerprint density at radius 2 is 1.77 bits per heavy atom. The Morgan fingerprint density at radius 1 is 1.08 bits per heavy atom. The number of nitrogens with one attached hydrogen (secondary N) is 1. The molecular weight excluding hydrogens is 417 g/mol. The third-order valence-electron chi connectivity index (χ3n) is 3.15. The van der Waals surface area contributed by atoms with Gasteiger partial charge in [0.25, 0.3) is 0 Å². The third-order valence-corrected chi connectivity index (χ3v) is 5.16. The maximum absolute atomic E-state index is 11.6. The fraction of sp³-hybridized carbons (Fsp3) is 0.125. The number of rotatable bonds is 6. The number of nitrogens with zero attached hydrogens (tertiary/aromatic N) is 2. The van der Waals surface area contributed by atoms with Crippen LogP contribution in [0.4, 0.5) is 5.69 Å². The largest absolute Gasteiger partial charge is 0.486 e. The lowest BCUT2D eigenvalue weighted by Crippen LogP contribution is -2.10. The molecule has 0 aliphatic carbocycles. The van der Waals surface area contributed by atoms with Gasteiger partial charge >= 0.3 is 0 Å². The van der Waals surface area contributed by atoms with E-state index in [-0.39, 0.29) is 6.61 Å². The molecule has 0 amide bonds. The van der Waals surface area contributed by atoms with Gasteiger partial charge in [-0.2, -0.15) is 0 Å². The summed E-state index contributed by atoms with van der Waals surface area (Å²) in [6, 6.07) is 11.8. The number of ether oxygens (including phenoxy) is 1. The average Bonchev–Trinajstić information content (AvgIpc) is 3.03. The van der Waals surface area contributed by atoms with Crippen molar-refractivity contribution in [3.8, 4) is 16.3 Å². The zero-order chi connectivity index (χ0) is 18.7. The number of halogens is 2. The number of hydrogen-bond acceptors (Lipinski definition) is 6. The summed E-state index contributed by atoms with van der Waals surface area (Å²) in [7, 11) is -3.44. The van der Waals surface area contributed by atoms with Crippen molar-refractivity contribution >= 4 is 50.2 Å². The zero-order valence-electron chi connectivity index (χ0n) is 13.4. The van der Waals surface area contributed by atoms with Crippen LogP contribution >= 0.6 is 34.5 Å². The number of anilines is 1. The molecule has 1 heterocycles. The maximum Gasteiger partial charge on any atom is 0.229 e. The lowest BCUT2D eigenvalue weighted by atomic mass is 10.2. The number of hydrogen-bond donors (Lipinski definition) is 1. The van der Waals surface area contributed by atoms with Gasteiger partial charge in [0.05, 0.1) is 11.9 Å². The average molecular weight is 430 g/mol. The van der Waals surface area contributed by atoms with Gasteiger partial charge < -0.3 is 4.74 Å². The minimum absolute atomic E-state index is 0.231. The molecule has 6 nitrogen and oxygen atoms in total. The molecule has 0 unspecified atom stereocenters. The van der Waals surface area contributed by atoms with Gasteiger partial charge in [0.1, 0.15) is 17.4 Å². The van der Waals surface area contributed by atoms with Crippen LogP contribution in [-0.2, 0) is 16.6 Å². The second-order valence-electron chi connectivity index (χ2n) is 5.31. The lowest BCUT2D eigenvalue weighted by Gasteiger charge is -2.08. The number of benzene rings is 2. The minimum atomic E-state index is -3.44. The van der Waals surface area contributed by atoms with Gasteiger partial charge in [-0.05, 0) is 42.5 Å². The van der Waals surface area contributed by atoms with Gasteiger partial charge in [-0.1, -0.05) is 34.5 Å². The monoisotopic (exact) mass is 429 g/mol. The molecule has 1 aromatic heterocycles. The van der Waals surface area contributed by atoms with E-state index in [1.165, 1.54) is 11.3 Å². The summed E-state index contributed by atoms with van der Waals surface area (Å²) in [6.07, 6.45) is 1.08. The molecule has 136 valence electrons. The van der Waals surface area contributed by atoms with Crippen LogP contribution in [0.5, 0.6) is 5.75 Å². The van der Waals surface area contributed by atoms with E-state index in [1.54, 1.807) is 42.5 Å². The fourth-order valence-corrected chi connectivity index (χ4v) is 3.74. The highest BCUT2D eigenvalue weighted by Crippen LogP contribution is 2.33. The molecular formula is C16H13Cl2N3O3S2. The van der Waals surface area contributed by atoms with Gasteiger partial charge in [-0.15, -0.1) is 10.2 Å². The molecule has 0 fully saturated rings. The third kappa shape index (κ3) is 5.07. The van der Waals surface area contributed by atoms with E-state index in [0.29, 0.717) is 37.1 Å². The lowest BCUT2D eigenvalue weighted by molar-refractivity contribution is 0.304. The summed E-state index contributed by atoms with van der Waals surface area (Å²) in [4.78, 5) is 0. The van der Waals surface area contributed by atoms with Crippen LogP contribution in [0.1, 0.15) is 5.01 Å². The van der Waals surface area contributed by atoms with Crippen LogP contribution in [0.3, 0.4) is 0 Å². The van der Waals surface area contributed by atoms with Crippen molar-refractivity contribution in [2.24, 2.45) is 0 Å². The first-order valence-corrected chi connectivity index (χ1v) is 10.7. The quantitative estimate of drug-likeness (QED) is 0.625.